The Hall–Kier alpha value is -1.10. The molecule has 0 aromatic carbocycles. The Labute approximate surface area is 108 Å². The number of piperidine rings is 1. The molecular weight excluding hydrogens is 232 g/mol. The predicted molar refractivity (Wildman–Crippen MR) is 67.2 cm³/mol. The van der Waals surface area contributed by atoms with E-state index in [9.17, 15) is 9.59 Å². The van der Waals surface area contributed by atoms with Gasteiger partial charge in [0.2, 0.25) is 5.91 Å². The molecule has 1 atom stereocenters. The fourth-order valence-corrected chi connectivity index (χ4v) is 2.56. The molecule has 1 saturated carbocycles. The van der Waals surface area contributed by atoms with Crippen LogP contribution in [-0.2, 0) is 9.59 Å². The minimum absolute atomic E-state index is 0.108. The van der Waals surface area contributed by atoms with E-state index >= 15 is 0 Å². The fourth-order valence-electron chi connectivity index (χ4n) is 2.56. The first-order valence-corrected chi connectivity index (χ1v) is 6.90. The average Bonchev–Trinajstić information content (AvgIpc) is 3.11. The average molecular weight is 254 g/mol. The van der Waals surface area contributed by atoms with Crippen molar-refractivity contribution in [2.24, 2.45) is 0 Å². The summed E-state index contributed by atoms with van der Waals surface area (Å²) in [6.45, 7) is 1.62. The fraction of sp³-hybridized carbons (Fsp3) is 0.846. The van der Waals surface area contributed by atoms with Crippen molar-refractivity contribution in [2.75, 3.05) is 13.1 Å². The van der Waals surface area contributed by atoms with Gasteiger partial charge in [0.15, 0.2) is 0 Å². The minimum atomic E-state index is -0.741. The number of likely N-dealkylation sites (tertiary alicyclic amines) is 1. The van der Waals surface area contributed by atoms with Crippen LogP contribution in [0.2, 0.25) is 0 Å². The molecule has 5 heteroatoms. The maximum Gasteiger partial charge on any atom is 0.304 e. The molecule has 1 saturated heterocycles. The van der Waals surface area contributed by atoms with E-state index in [4.69, 9.17) is 5.11 Å². The Balaban J connectivity index is 1.73. The number of carbonyl (C=O) groups is 2. The Morgan fingerprint density at radius 1 is 1.22 bits per heavy atom. The Morgan fingerprint density at radius 2 is 2.00 bits per heavy atom. The molecule has 0 spiro atoms. The summed E-state index contributed by atoms with van der Waals surface area (Å²) in [7, 11) is 0. The van der Waals surface area contributed by atoms with Crippen LogP contribution in [0.15, 0.2) is 0 Å². The van der Waals surface area contributed by atoms with E-state index in [-0.39, 0.29) is 18.4 Å². The van der Waals surface area contributed by atoms with Crippen molar-refractivity contribution in [1.29, 1.82) is 0 Å². The predicted octanol–water partition coefficient (Wildman–Crippen LogP) is 0.984. The highest BCUT2D eigenvalue weighted by Crippen LogP contribution is 2.21. The number of hydrogen-bond donors (Lipinski definition) is 2. The zero-order valence-electron chi connectivity index (χ0n) is 10.7. The van der Waals surface area contributed by atoms with Crippen LogP contribution in [0.5, 0.6) is 0 Å². The van der Waals surface area contributed by atoms with Gasteiger partial charge in [-0.1, -0.05) is 6.42 Å². The summed E-state index contributed by atoms with van der Waals surface area (Å²) in [5.41, 5.74) is 0. The van der Waals surface area contributed by atoms with Crippen molar-refractivity contribution in [3.63, 3.8) is 0 Å². The molecule has 2 N–H and O–H groups in total. The summed E-state index contributed by atoms with van der Waals surface area (Å²) < 4.78 is 0. The van der Waals surface area contributed by atoms with Gasteiger partial charge in [-0.2, -0.15) is 0 Å². The van der Waals surface area contributed by atoms with E-state index in [1.807, 2.05) is 0 Å². The number of nitrogens with zero attached hydrogens (tertiary/aromatic N) is 1. The summed E-state index contributed by atoms with van der Waals surface area (Å²) in [6, 6.07) is 0.527. The highest BCUT2D eigenvalue weighted by atomic mass is 16.4. The van der Waals surface area contributed by atoms with Crippen molar-refractivity contribution >= 4 is 11.9 Å². The van der Waals surface area contributed by atoms with Gasteiger partial charge in [0.1, 0.15) is 0 Å². The molecule has 2 rings (SSSR count). The molecule has 1 heterocycles. The molecule has 0 bridgehead atoms. The Kier molecular flexibility index (Phi) is 4.58. The number of nitrogens with one attached hydrogen (secondary N) is 1. The number of rotatable bonds is 6. The van der Waals surface area contributed by atoms with Gasteiger partial charge in [-0.05, 0) is 32.2 Å². The number of carbonyl (C=O) groups excluding carboxylic acids is 1. The quantitative estimate of drug-likeness (QED) is 0.741. The number of hydrogen-bond acceptors (Lipinski definition) is 3. The van der Waals surface area contributed by atoms with E-state index in [1.165, 1.54) is 0 Å². The van der Waals surface area contributed by atoms with Crippen molar-refractivity contribution in [1.82, 2.24) is 10.2 Å². The van der Waals surface area contributed by atoms with Crippen LogP contribution in [0.25, 0.3) is 0 Å². The summed E-state index contributed by atoms with van der Waals surface area (Å²) in [5, 5.41) is 11.8. The SMILES string of the molecule is O=C(O)CC1CCCCN1CCC(=O)NC1CC1. The van der Waals surface area contributed by atoms with Crippen LogP contribution in [0.1, 0.15) is 44.9 Å². The molecule has 1 aliphatic carbocycles. The molecule has 0 aromatic heterocycles. The molecule has 1 amide bonds. The number of carboxylic acid groups (broad SMARTS) is 1. The van der Waals surface area contributed by atoms with E-state index in [1.54, 1.807) is 0 Å². The molecule has 5 nitrogen and oxygen atoms in total. The largest absolute Gasteiger partial charge is 0.481 e. The lowest BCUT2D eigenvalue weighted by molar-refractivity contribution is -0.138. The normalized spacial score (nSPS) is 24.8. The number of carboxylic acids is 1. The number of amides is 1. The van der Waals surface area contributed by atoms with Crippen LogP contribution >= 0.6 is 0 Å². The van der Waals surface area contributed by atoms with E-state index in [0.29, 0.717) is 19.0 Å². The molecule has 18 heavy (non-hydrogen) atoms. The van der Waals surface area contributed by atoms with Crippen molar-refractivity contribution < 1.29 is 14.7 Å². The highest BCUT2D eigenvalue weighted by molar-refractivity contribution is 5.76. The first-order valence-electron chi connectivity index (χ1n) is 6.90. The minimum Gasteiger partial charge on any atom is -0.481 e. The Morgan fingerprint density at radius 3 is 2.67 bits per heavy atom. The molecular formula is C13H22N2O3. The lowest BCUT2D eigenvalue weighted by atomic mass is 9.99. The molecule has 1 aliphatic heterocycles. The van der Waals surface area contributed by atoms with E-state index in [2.05, 4.69) is 10.2 Å². The maximum absolute atomic E-state index is 11.6. The van der Waals surface area contributed by atoms with Crippen LogP contribution in [0.4, 0.5) is 0 Å². The topological polar surface area (TPSA) is 69.6 Å². The first-order chi connectivity index (χ1) is 8.65. The highest BCUT2D eigenvalue weighted by Gasteiger charge is 2.26. The van der Waals surface area contributed by atoms with Crippen molar-refractivity contribution in [2.45, 2.75) is 57.0 Å². The summed E-state index contributed by atoms with van der Waals surface area (Å²) in [4.78, 5) is 24.6. The van der Waals surface area contributed by atoms with Crippen LogP contribution in [0, 0.1) is 0 Å². The van der Waals surface area contributed by atoms with Crippen LogP contribution in [0.3, 0.4) is 0 Å². The standard InChI is InChI=1S/C13H22N2O3/c16-12(14-10-4-5-10)6-8-15-7-2-1-3-11(15)9-13(17)18/h10-11H,1-9H2,(H,14,16)(H,17,18). The van der Waals surface area contributed by atoms with Gasteiger partial charge in [-0.3, -0.25) is 14.5 Å². The smallest absolute Gasteiger partial charge is 0.304 e. The van der Waals surface area contributed by atoms with Gasteiger partial charge in [-0.15, -0.1) is 0 Å². The lowest BCUT2D eigenvalue weighted by Crippen LogP contribution is -2.42. The monoisotopic (exact) mass is 254 g/mol. The molecule has 0 radical (unpaired) electrons. The van der Waals surface area contributed by atoms with Gasteiger partial charge in [0.05, 0.1) is 6.42 Å². The molecule has 2 fully saturated rings. The third-order valence-corrected chi connectivity index (χ3v) is 3.73. The van der Waals surface area contributed by atoms with Crippen molar-refractivity contribution in [3.05, 3.63) is 0 Å². The summed E-state index contributed by atoms with van der Waals surface area (Å²) >= 11 is 0. The van der Waals surface area contributed by atoms with Gasteiger partial charge in [-0.25, -0.2) is 0 Å². The van der Waals surface area contributed by atoms with Crippen LogP contribution in [-0.4, -0.2) is 47.1 Å². The van der Waals surface area contributed by atoms with Gasteiger partial charge < -0.3 is 10.4 Å². The van der Waals surface area contributed by atoms with Gasteiger partial charge in [0, 0.05) is 25.0 Å². The lowest BCUT2D eigenvalue weighted by Gasteiger charge is -2.34. The molecule has 102 valence electrons. The zero-order chi connectivity index (χ0) is 13.0. The van der Waals surface area contributed by atoms with E-state index in [0.717, 1.165) is 38.6 Å². The second-order valence-corrected chi connectivity index (χ2v) is 5.38. The second-order valence-electron chi connectivity index (χ2n) is 5.38. The maximum atomic E-state index is 11.6. The van der Waals surface area contributed by atoms with Gasteiger partial charge >= 0.3 is 5.97 Å². The summed E-state index contributed by atoms with van der Waals surface area (Å²) in [5.74, 6) is -0.633. The second kappa shape index (κ2) is 6.18. The third kappa shape index (κ3) is 4.29. The molecule has 1 unspecified atom stereocenters. The van der Waals surface area contributed by atoms with Gasteiger partial charge in [0.25, 0.3) is 0 Å². The van der Waals surface area contributed by atoms with E-state index < -0.39 is 5.97 Å². The first kappa shape index (κ1) is 13.3. The Bertz CT molecular complexity index is 315. The molecule has 2 aliphatic rings. The van der Waals surface area contributed by atoms with Crippen LogP contribution < -0.4 is 5.32 Å². The summed E-state index contributed by atoms with van der Waals surface area (Å²) in [6.07, 6.45) is 6.06. The number of aliphatic carboxylic acids is 1. The van der Waals surface area contributed by atoms with Crippen molar-refractivity contribution in [3.8, 4) is 0 Å². The zero-order valence-corrected chi connectivity index (χ0v) is 10.7. The molecule has 0 aromatic rings. The third-order valence-electron chi connectivity index (χ3n) is 3.73.